The summed E-state index contributed by atoms with van der Waals surface area (Å²) in [6.07, 6.45) is 1.98. The molecule has 0 aliphatic carbocycles. The minimum Gasteiger partial charge on any atom is -0.361 e. The number of carbonyl (C=O) groups is 1. The van der Waals surface area contributed by atoms with Gasteiger partial charge in [-0.15, -0.1) is 0 Å². The molecule has 2 amide bonds. The van der Waals surface area contributed by atoms with Crippen molar-refractivity contribution in [2.45, 2.75) is 12.6 Å². The highest BCUT2D eigenvalue weighted by Gasteiger charge is 2.34. The number of hydrogen-bond acceptors (Lipinski definition) is 1. The fourth-order valence-electron chi connectivity index (χ4n) is 3.25. The molecule has 104 valence electrons. The predicted molar refractivity (Wildman–Crippen MR) is 81.7 cm³/mol. The zero-order chi connectivity index (χ0) is 14.4. The first kappa shape index (κ1) is 12.0. The van der Waals surface area contributed by atoms with E-state index in [1.165, 1.54) is 0 Å². The van der Waals surface area contributed by atoms with Gasteiger partial charge in [-0.05, 0) is 17.2 Å². The molecule has 4 rings (SSSR count). The van der Waals surface area contributed by atoms with Crippen molar-refractivity contribution in [3.05, 3.63) is 71.4 Å². The second-order valence-corrected chi connectivity index (χ2v) is 5.36. The van der Waals surface area contributed by atoms with Crippen LogP contribution >= 0.6 is 0 Å². The van der Waals surface area contributed by atoms with Crippen molar-refractivity contribution in [1.29, 1.82) is 0 Å². The zero-order valence-electron chi connectivity index (χ0n) is 11.4. The van der Waals surface area contributed by atoms with Crippen molar-refractivity contribution in [3.8, 4) is 0 Å². The van der Waals surface area contributed by atoms with Gasteiger partial charge in [-0.3, -0.25) is 0 Å². The van der Waals surface area contributed by atoms with Crippen molar-refractivity contribution in [1.82, 2.24) is 9.88 Å². The average molecular weight is 277 g/mol. The topological polar surface area (TPSA) is 62.1 Å². The molecule has 2 heterocycles. The summed E-state index contributed by atoms with van der Waals surface area (Å²) in [6, 6.07) is 15.7. The number of primary amides is 1. The predicted octanol–water partition coefficient (Wildman–Crippen LogP) is 3.15. The number of aromatic amines is 1. The monoisotopic (exact) mass is 277 g/mol. The molecule has 21 heavy (non-hydrogen) atoms. The third kappa shape index (κ3) is 1.72. The van der Waals surface area contributed by atoms with Crippen LogP contribution in [0.4, 0.5) is 4.79 Å². The lowest BCUT2D eigenvalue weighted by atomic mass is 9.97. The number of nitrogens with zero attached hydrogens (tertiary/aromatic N) is 1. The van der Waals surface area contributed by atoms with E-state index in [0.717, 1.165) is 27.6 Å². The maximum Gasteiger partial charge on any atom is 0.315 e. The summed E-state index contributed by atoms with van der Waals surface area (Å²) in [5.74, 6) is 0. The number of carbonyl (C=O) groups excluding carboxylic acids is 1. The number of nitrogens with two attached hydrogens (primary N) is 1. The number of amides is 2. The van der Waals surface area contributed by atoms with Gasteiger partial charge in [0.1, 0.15) is 0 Å². The van der Waals surface area contributed by atoms with E-state index >= 15 is 0 Å². The lowest BCUT2D eigenvalue weighted by Crippen LogP contribution is -2.34. The molecule has 4 heteroatoms. The second-order valence-electron chi connectivity index (χ2n) is 5.36. The number of hydrogen-bond donors (Lipinski definition) is 2. The fraction of sp³-hybridized carbons (Fsp3) is 0.118. The van der Waals surface area contributed by atoms with Crippen LogP contribution in [0.2, 0.25) is 0 Å². The molecular formula is C17H15N3O. The molecular weight excluding hydrogens is 262 g/mol. The van der Waals surface area contributed by atoms with E-state index in [9.17, 15) is 4.79 Å². The summed E-state index contributed by atoms with van der Waals surface area (Å²) in [4.78, 5) is 16.8. The van der Waals surface area contributed by atoms with Crippen molar-refractivity contribution in [3.63, 3.8) is 0 Å². The Morgan fingerprint density at radius 1 is 1.10 bits per heavy atom. The highest BCUT2D eigenvalue weighted by molar-refractivity contribution is 5.85. The summed E-state index contributed by atoms with van der Waals surface area (Å²) in [6.45, 7) is 0.565. The Hall–Kier alpha value is -2.75. The minimum atomic E-state index is -0.388. The molecule has 1 aliphatic rings. The van der Waals surface area contributed by atoms with Gasteiger partial charge in [0.15, 0.2) is 0 Å². The molecule has 1 aromatic heterocycles. The Kier molecular flexibility index (Phi) is 2.51. The smallest absolute Gasteiger partial charge is 0.315 e. The standard InChI is InChI=1S/C17H15N3O/c18-17(21)20-10-11-5-1-2-6-12(11)16(20)14-9-19-15-8-4-3-7-13(14)15/h1-9,16,19H,10H2,(H2,18,21). The van der Waals surface area contributed by atoms with E-state index < -0.39 is 0 Å². The van der Waals surface area contributed by atoms with E-state index in [1.807, 2.05) is 36.5 Å². The van der Waals surface area contributed by atoms with E-state index in [2.05, 4.69) is 23.2 Å². The highest BCUT2D eigenvalue weighted by atomic mass is 16.2. The first-order chi connectivity index (χ1) is 10.3. The number of para-hydroxylation sites is 1. The van der Waals surface area contributed by atoms with Gasteiger partial charge in [-0.1, -0.05) is 42.5 Å². The van der Waals surface area contributed by atoms with Gasteiger partial charge in [0.2, 0.25) is 0 Å². The zero-order valence-corrected chi connectivity index (χ0v) is 11.4. The quantitative estimate of drug-likeness (QED) is 0.705. The lowest BCUT2D eigenvalue weighted by molar-refractivity contribution is 0.199. The number of aromatic nitrogens is 1. The third-order valence-electron chi connectivity index (χ3n) is 4.20. The van der Waals surface area contributed by atoms with Crippen molar-refractivity contribution < 1.29 is 4.79 Å². The molecule has 0 spiro atoms. The van der Waals surface area contributed by atoms with E-state index in [1.54, 1.807) is 4.90 Å². The first-order valence-electron chi connectivity index (χ1n) is 6.95. The summed E-state index contributed by atoms with van der Waals surface area (Å²) >= 11 is 0. The van der Waals surface area contributed by atoms with E-state index in [4.69, 9.17) is 5.73 Å². The summed E-state index contributed by atoms with van der Waals surface area (Å²) in [5.41, 5.74) is 10.1. The summed E-state index contributed by atoms with van der Waals surface area (Å²) in [5, 5.41) is 1.13. The van der Waals surface area contributed by atoms with Crippen LogP contribution in [0.5, 0.6) is 0 Å². The maximum atomic E-state index is 11.8. The number of benzene rings is 2. The Morgan fingerprint density at radius 2 is 1.86 bits per heavy atom. The minimum absolute atomic E-state index is 0.116. The summed E-state index contributed by atoms with van der Waals surface area (Å²) < 4.78 is 0. The van der Waals surface area contributed by atoms with Gasteiger partial charge in [0.05, 0.1) is 6.04 Å². The van der Waals surface area contributed by atoms with Crippen LogP contribution in [-0.4, -0.2) is 15.9 Å². The molecule has 1 unspecified atom stereocenters. The van der Waals surface area contributed by atoms with Crippen LogP contribution in [0, 0.1) is 0 Å². The molecule has 1 aliphatic heterocycles. The van der Waals surface area contributed by atoms with Gasteiger partial charge in [-0.25, -0.2) is 4.79 Å². The molecule has 3 aromatic rings. The molecule has 0 bridgehead atoms. The van der Waals surface area contributed by atoms with Crippen LogP contribution < -0.4 is 5.73 Å². The van der Waals surface area contributed by atoms with Crippen molar-refractivity contribution >= 4 is 16.9 Å². The second kappa shape index (κ2) is 4.38. The Balaban J connectivity index is 1.94. The van der Waals surface area contributed by atoms with E-state index in [-0.39, 0.29) is 12.1 Å². The third-order valence-corrected chi connectivity index (χ3v) is 4.20. The largest absolute Gasteiger partial charge is 0.361 e. The molecule has 0 saturated heterocycles. The number of nitrogens with one attached hydrogen (secondary N) is 1. The van der Waals surface area contributed by atoms with E-state index in [0.29, 0.717) is 6.54 Å². The molecule has 4 nitrogen and oxygen atoms in total. The molecule has 3 N–H and O–H groups in total. The van der Waals surface area contributed by atoms with Crippen molar-refractivity contribution in [2.75, 3.05) is 0 Å². The number of H-pyrrole nitrogens is 1. The molecule has 2 aromatic carbocycles. The van der Waals surface area contributed by atoms with Crippen LogP contribution in [0.1, 0.15) is 22.7 Å². The van der Waals surface area contributed by atoms with Crippen LogP contribution in [0.15, 0.2) is 54.7 Å². The fourth-order valence-corrected chi connectivity index (χ4v) is 3.25. The maximum absolute atomic E-state index is 11.8. The number of rotatable bonds is 1. The molecule has 1 atom stereocenters. The van der Waals surface area contributed by atoms with Crippen molar-refractivity contribution in [2.24, 2.45) is 5.73 Å². The highest BCUT2D eigenvalue weighted by Crippen LogP contribution is 2.40. The van der Waals surface area contributed by atoms with Gasteiger partial charge >= 0.3 is 6.03 Å². The number of fused-ring (bicyclic) bond motifs is 2. The van der Waals surface area contributed by atoms with Gasteiger partial charge in [-0.2, -0.15) is 0 Å². The van der Waals surface area contributed by atoms with Gasteiger partial charge in [0.25, 0.3) is 0 Å². The molecule has 0 radical (unpaired) electrons. The summed E-state index contributed by atoms with van der Waals surface area (Å²) in [7, 11) is 0. The van der Waals surface area contributed by atoms with Gasteiger partial charge < -0.3 is 15.6 Å². The van der Waals surface area contributed by atoms with Crippen LogP contribution in [-0.2, 0) is 6.54 Å². The first-order valence-corrected chi connectivity index (χ1v) is 6.95. The van der Waals surface area contributed by atoms with Crippen LogP contribution in [0.25, 0.3) is 10.9 Å². The van der Waals surface area contributed by atoms with Crippen LogP contribution in [0.3, 0.4) is 0 Å². The number of urea groups is 1. The average Bonchev–Trinajstić information content (AvgIpc) is 3.07. The Morgan fingerprint density at radius 3 is 2.71 bits per heavy atom. The molecule has 0 saturated carbocycles. The Bertz CT molecular complexity index is 837. The molecule has 0 fully saturated rings. The Labute approximate surface area is 122 Å². The SMILES string of the molecule is NC(=O)N1Cc2ccccc2C1c1c[nH]c2ccccc12. The normalized spacial score (nSPS) is 17.1. The van der Waals surface area contributed by atoms with Gasteiger partial charge in [0, 0.05) is 29.2 Å². The lowest BCUT2D eigenvalue weighted by Gasteiger charge is -2.23.